The molecule has 0 spiro atoms. The summed E-state index contributed by atoms with van der Waals surface area (Å²) < 4.78 is 0. The minimum absolute atomic E-state index is 0.150. The number of rotatable bonds is 3. The van der Waals surface area contributed by atoms with E-state index in [1.165, 1.54) is 17.3 Å². The molecule has 0 bridgehead atoms. The fraction of sp³-hybridized carbons (Fsp3) is 0.214. The van der Waals surface area contributed by atoms with Crippen molar-refractivity contribution in [2.75, 3.05) is 7.05 Å². The zero-order valence-electron chi connectivity index (χ0n) is 11.1. The Balaban J connectivity index is 2.25. The first-order valence-corrected chi connectivity index (χ1v) is 6.41. The first-order chi connectivity index (χ1) is 9.50. The number of hydrogen-bond acceptors (Lipinski definition) is 4. The highest BCUT2D eigenvalue weighted by atomic mass is 35.5. The van der Waals surface area contributed by atoms with Gasteiger partial charge in [0.2, 0.25) is 0 Å². The molecule has 1 unspecified atom stereocenters. The topological polar surface area (TPSA) is 66.3 Å². The number of phenolic OH excluding ortho intramolecular Hbond substituents is 1. The second-order valence-electron chi connectivity index (χ2n) is 4.38. The van der Waals surface area contributed by atoms with E-state index in [1.54, 1.807) is 25.2 Å². The number of carbonyl (C=O) groups excluding carboxylic acids is 1. The summed E-state index contributed by atoms with van der Waals surface area (Å²) >= 11 is 5.73. The third kappa shape index (κ3) is 2.88. The normalized spacial score (nSPS) is 11.9. The van der Waals surface area contributed by atoms with Crippen LogP contribution >= 0.6 is 11.6 Å². The predicted molar refractivity (Wildman–Crippen MR) is 75.7 cm³/mol. The zero-order valence-corrected chi connectivity index (χ0v) is 11.9. The van der Waals surface area contributed by atoms with Gasteiger partial charge in [-0.3, -0.25) is 9.78 Å². The summed E-state index contributed by atoms with van der Waals surface area (Å²) in [5.74, 6) is -0.160. The number of nitrogens with zero attached hydrogens (tertiary/aromatic N) is 3. The molecule has 20 heavy (non-hydrogen) atoms. The molecular weight excluding hydrogens is 278 g/mol. The van der Waals surface area contributed by atoms with Gasteiger partial charge in [-0.25, -0.2) is 4.98 Å². The molecule has 0 fully saturated rings. The SMILES string of the molecule is CC(c1ccccc1O)N(C)C(=O)c1cncc(Cl)n1. The van der Waals surface area contributed by atoms with Gasteiger partial charge < -0.3 is 10.0 Å². The third-order valence-corrected chi connectivity index (χ3v) is 3.29. The molecule has 2 rings (SSSR count). The number of benzene rings is 1. The van der Waals surface area contributed by atoms with Crippen molar-refractivity contribution in [3.05, 3.63) is 53.1 Å². The van der Waals surface area contributed by atoms with Crippen LogP contribution in [0.2, 0.25) is 5.15 Å². The smallest absolute Gasteiger partial charge is 0.274 e. The standard InChI is InChI=1S/C14H14ClN3O2/c1-9(10-5-3-4-6-12(10)19)18(2)14(20)11-7-16-8-13(15)17-11/h3-9,19H,1-2H3. The second-order valence-corrected chi connectivity index (χ2v) is 4.77. The van der Waals surface area contributed by atoms with Crippen LogP contribution in [0.25, 0.3) is 0 Å². The lowest BCUT2D eigenvalue weighted by molar-refractivity contribution is 0.0735. The molecule has 0 aliphatic carbocycles. The number of halogens is 1. The number of para-hydroxylation sites is 1. The average molecular weight is 292 g/mol. The van der Waals surface area contributed by atoms with Gasteiger partial charge in [-0.2, -0.15) is 0 Å². The Morgan fingerprint density at radius 2 is 2.05 bits per heavy atom. The lowest BCUT2D eigenvalue weighted by Crippen LogP contribution is -2.30. The molecule has 5 nitrogen and oxygen atoms in total. The van der Waals surface area contributed by atoms with Crippen molar-refractivity contribution >= 4 is 17.5 Å². The van der Waals surface area contributed by atoms with E-state index in [0.29, 0.717) is 5.56 Å². The lowest BCUT2D eigenvalue weighted by Gasteiger charge is -2.25. The molecule has 1 heterocycles. The van der Waals surface area contributed by atoms with E-state index in [4.69, 9.17) is 11.6 Å². The van der Waals surface area contributed by atoms with Crippen molar-refractivity contribution in [2.24, 2.45) is 0 Å². The van der Waals surface area contributed by atoms with Crippen LogP contribution in [-0.4, -0.2) is 32.9 Å². The van der Waals surface area contributed by atoms with Crippen molar-refractivity contribution in [2.45, 2.75) is 13.0 Å². The molecule has 6 heteroatoms. The van der Waals surface area contributed by atoms with Crippen molar-refractivity contribution in [3.63, 3.8) is 0 Å². The number of aromatic hydroxyl groups is 1. The molecule has 0 saturated heterocycles. The van der Waals surface area contributed by atoms with Gasteiger partial charge in [-0.15, -0.1) is 0 Å². The monoisotopic (exact) mass is 291 g/mol. The van der Waals surface area contributed by atoms with Gasteiger partial charge in [-0.05, 0) is 13.0 Å². The van der Waals surface area contributed by atoms with Crippen LogP contribution in [0.4, 0.5) is 0 Å². The minimum atomic E-state index is -0.309. The van der Waals surface area contributed by atoms with Crippen LogP contribution in [-0.2, 0) is 0 Å². The van der Waals surface area contributed by atoms with Gasteiger partial charge in [0.05, 0.1) is 18.4 Å². The zero-order chi connectivity index (χ0) is 14.7. The van der Waals surface area contributed by atoms with Gasteiger partial charge in [-0.1, -0.05) is 29.8 Å². The van der Waals surface area contributed by atoms with Crippen molar-refractivity contribution in [1.29, 1.82) is 0 Å². The fourth-order valence-electron chi connectivity index (χ4n) is 1.85. The van der Waals surface area contributed by atoms with E-state index < -0.39 is 0 Å². The van der Waals surface area contributed by atoms with Crippen molar-refractivity contribution in [1.82, 2.24) is 14.9 Å². The molecule has 1 N–H and O–H groups in total. The first-order valence-electron chi connectivity index (χ1n) is 6.03. The molecule has 0 saturated carbocycles. The Kier molecular flexibility index (Phi) is 4.20. The first kappa shape index (κ1) is 14.3. The lowest BCUT2D eigenvalue weighted by atomic mass is 10.1. The van der Waals surface area contributed by atoms with Crippen LogP contribution in [0.1, 0.15) is 29.0 Å². The summed E-state index contributed by atoms with van der Waals surface area (Å²) in [6.07, 6.45) is 2.73. The van der Waals surface area contributed by atoms with E-state index in [1.807, 2.05) is 13.0 Å². The third-order valence-electron chi connectivity index (χ3n) is 3.11. The van der Waals surface area contributed by atoms with E-state index >= 15 is 0 Å². The average Bonchev–Trinajstić information content (AvgIpc) is 2.45. The van der Waals surface area contributed by atoms with Crippen LogP contribution in [0.5, 0.6) is 5.75 Å². The van der Waals surface area contributed by atoms with Crippen LogP contribution in [0.3, 0.4) is 0 Å². The molecule has 1 atom stereocenters. The van der Waals surface area contributed by atoms with Gasteiger partial charge >= 0.3 is 0 Å². The maximum atomic E-state index is 12.3. The molecule has 104 valence electrons. The maximum Gasteiger partial charge on any atom is 0.274 e. The Hall–Kier alpha value is -2.14. The minimum Gasteiger partial charge on any atom is -0.508 e. The van der Waals surface area contributed by atoms with Crippen LogP contribution in [0.15, 0.2) is 36.7 Å². The molecular formula is C14H14ClN3O2. The number of carbonyl (C=O) groups is 1. The predicted octanol–water partition coefficient (Wildman–Crippen LogP) is 2.67. The number of phenols is 1. The summed E-state index contributed by atoms with van der Waals surface area (Å²) in [4.78, 5) is 21.6. The molecule has 2 aromatic rings. The Bertz CT molecular complexity index is 633. The summed E-state index contributed by atoms with van der Waals surface area (Å²) in [6.45, 7) is 1.82. The van der Waals surface area contributed by atoms with E-state index in [-0.39, 0.29) is 28.5 Å². The molecule has 0 radical (unpaired) electrons. The highest BCUT2D eigenvalue weighted by Crippen LogP contribution is 2.27. The van der Waals surface area contributed by atoms with Crippen molar-refractivity contribution in [3.8, 4) is 5.75 Å². The molecule has 0 aliphatic rings. The van der Waals surface area contributed by atoms with Gasteiger partial charge in [0.1, 0.15) is 16.6 Å². The summed E-state index contributed by atoms with van der Waals surface area (Å²) in [5.41, 5.74) is 0.834. The highest BCUT2D eigenvalue weighted by molar-refractivity contribution is 6.29. The van der Waals surface area contributed by atoms with Gasteiger partial charge in [0, 0.05) is 12.6 Å². The molecule has 1 aromatic carbocycles. The summed E-state index contributed by atoms with van der Waals surface area (Å²) in [7, 11) is 1.64. The Morgan fingerprint density at radius 3 is 2.70 bits per heavy atom. The van der Waals surface area contributed by atoms with Crippen molar-refractivity contribution < 1.29 is 9.90 Å². The highest BCUT2D eigenvalue weighted by Gasteiger charge is 2.22. The fourth-order valence-corrected chi connectivity index (χ4v) is 2.00. The van der Waals surface area contributed by atoms with Crippen LogP contribution < -0.4 is 0 Å². The number of amides is 1. The van der Waals surface area contributed by atoms with E-state index in [9.17, 15) is 9.90 Å². The quantitative estimate of drug-likeness (QED) is 0.944. The van der Waals surface area contributed by atoms with Crippen LogP contribution in [0, 0.1) is 0 Å². The Labute approximate surface area is 121 Å². The largest absolute Gasteiger partial charge is 0.508 e. The number of aromatic nitrogens is 2. The molecule has 1 amide bonds. The summed E-state index contributed by atoms with van der Waals surface area (Å²) in [6, 6.07) is 6.60. The second kappa shape index (κ2) is 5.88. The molecule has 1 aromatic heterocycles. The summed E-state index contributed by atoms with van der Waals surface area (Å²) in [5, 5.41) is 10.0. The molecule has 0 aliphatic heterocycles. The van der Waals surface area contributed by atoms with Gasteiger partial charge in [0.15, 0.2) is 0 Å². The van der Waals surface area contributed by atoms with E-state index in [2.05, 4.69) is 9.97 Å². The number of hydrogen-bond donors (Lipinski definition) is 1. The van der Waals surface area contributed by atoms with Gasteiger partial charge in [0.25, 0.3) is 5.91 Å². The Morgan fingerprint density at radius 1 is 1.35 bits per heavy atom. The maximum absolute atomic E-state index is 12.3. The van der Waals surface area contributed by atoms with E-state index in [0.717, 1.165) is 0 Å².